The van der Waals surface area contributed by atoms with Gasteiger partial charge in [-0.2, -0.15) is 0 Å². The molecule has 0 saturated heterocycles. The van der Waals surface area contributed by atoms with E-state index in [1.54, 1.807) is 6.07 Å². The van der Waals surface area contributed by atoms with Crippen molar-refractivity contribution in [3.05, 3.63) is 27.7 Å². The van der Waals surface area contributed by atoms with E-state index in [0.29, 0.717) is 5.69 Å². The van der Waals surface area contributed by atoms with Crippen molar-refractivity contribution in [2.24, 2.45) is 5.18 Å². The summed E-state index contributed by atoms with van der Waals surface area (Å²) in [6.07, 6.45) is 0. The highest BCUT2D eigenvalue weighted by atomic mass is 32.1. The third kappa shape index (κ3) is 1.37. The number of thiol groups is 1. The monoisotopic (exact) mass is 181 g/mol. The highest BCUT2D eigenvalue weighted by Gasteiger charge is 2.06. The SMILES string of the molecule is Cc1c(S)cc(N=O)c(C)c1C. The van der Waals surface area contributed by atoms with E-state index in [0.717, 1.165) is 21.6 Å². The second-order valence-corrected chi connectivity index (χ2v) is 3.36. The average Bonchev–Trinajstić information content (AvgIpc) is 2.08. The van der Waals surface area contributed by atoms with Crippen LogP contribution in [0.4, 0.5) is 5.69 Å². The standard InChI is InChI=1S/C9H11NOS/c1-5-6(2)8(10-11)4-9(12)7(5)3/h4,12H,1-3H3. The van der Waals surface area contributed by atoms with Crippen LogP contribution in [0.3, 0.4) is 0 Å². The van der Waals surface area contributed by atoms with E-state index in [9.17, 15) is 4.91 Å². The number of hydrogen-bond acceptors (Lipinski definition) is 3. The van der Waals surface area contributed by atoms with Crippen LogP contribution in [0.5, 0.6) is 0 Å². The molecule has 0 aliphatic rings. The molecule has 0 amide bonds. The van der Waals surface area contributed by atoms with Crippen LogP contribution >= 0.6 is 12.6 Å². The van der Waals surface area contributed by atoms with E-state index in [1.165, 1.54) is 0 Å². The Balaban J connectivity index is 3.49. The van der Waals surface area contributed by atoms with Crippen molar-refractivity contribution in [1.29, 1.82) is 0 Å². The van der Waals surface area contributed by atoms with Crippen LogP contribution in [-0.4, -0.2) is 0 Å². The van der Waals surface area contributed by atoms with Crippen molar-refractivity contribution in [3.63, 3.8) is 0 Å². The molecule has 0 N–H and O–H groups in total. The molecule has 0 aliphatic carbocycles. The van der Waals surface area contributed by atoms with Crippen molar-refractivity contribution in [2.45, 2.75) is 25.7 Å². The molecule has 12 heavy (non-hydrogen) atoms. The van der Waals surface area contributed by atoms with Crippen LogP contribution < -0.4 is 0 Å². The lowest BCUT2D eigenvalue weighted by atomic mass is 10.0. The van der Waals surface area contributed by atoms with Gasteiger partial charge in [-0.15, -0.1) is 17.5 Å². The third-order valence-corrected chi connectivity index (χ3v) is 2.73. The van der Waals surface area contributed by atoms with Crippen molar-refractivity contribution in [2.75, 3.05) is 0 Å². The zero-order valence-electron chi connectivity index (χ0n) is 7.38. The van der Waals surface area contributed by atoms with E-state index < -0.39 is 0 Å². The van der Waals surface area contributed by atoms with Gasteiger partial charge in [0, 0.05) is 4.90 Å². The van der Waals surface area contributed by atoms with Gasteiger partial charge in [0.15, 0.2) is 0 Å². The Morgan fingerprint density at radius 3 is 2.25 bits per heavy atom. The minimum Gasteiger partial charge on any atom is -0.145 e. The molecule has 0 aromatic heterocycles. The van der Waals surface area contributed by atoms with Gasteiger partial charge < -0.3 is 0 Å². The summed E-state index contributed by atoms with van der Waals surface area (Å²) in [5.41, 5.74) is 3.64. The fourth-order valence-corrected chi connectivity index (χ4v) is 1.40. The zero-order chi connectivity index (χ0) is 9.30. The largest absolute Gasteiger partial charge is 0.145 e. The lowest BCUT2D eigenvalue weighted by Crippen LogP contribution is -1.88. The molecule has 3 heteroatoms. The number of nitroso groups, excluding NO2 is 1. The minimum atomic E-state index is 0.489. The van der Waals surface area contributed by atoms with Crippen molar-refractivity contribution in [1.82, 2.24) is 0 Å². The van der Waals surface area contributed by atoms with Crippen LogP contribution in [0.25, 0.3) is 0 Å². The molecule has 0 radical (unpaired) electrons. The number of nitrogens with zero attached hydrogens (tertiary/aromatic N) is 1. The summed E-state index contributed by atoms with van der Waals surface area (Å²) >= 11 is 4.24. The Hall–Kier alpha value is -0.830. The zero-order valence-corrected chi connectivity index (χ0v) is 8.27. The first kappa shape index (κ1) is 9.26. The molecule has 2 nitrogen and oxygen atoms in total. The van der Waals surface area contributed by atoms with E-state index in [2.05, 4.69) is 17.8 Å². The fraction of sp³-hybridized carbons (Fsp3) is 0.333. The summed E-state index contributed by atoms with van der Waals surface area (Å²) in [4.78, 5) is 11.2. The van der Waals surface area contributed by atoms with Gasteiger partial charge in [-0.05, 0) is 48.7 Å². The maximum atomic E-state index is 10.4. The Kier molecular flexibility index (Phi) is 2.52. The van der Waals surface area contributed by atoms with Crippen LogP contribution in [0.15, 0.2) is 16.1 Å². The van der Waals surface area contributed by atoms with Crippen molar-refractivity contribution in [3.8, 4) is 0 Å². The molecule has 1 aromatic rings. The van der Waals surface area contributed by atoms with Crippen LogP contribution in [0, 0.1) is 25.7 Å². The van der Waals surface area contributed by atoms with Crippen molar-refractivity contribution < 1.29 is 0 Å². The molecular formula is C9H11NOS. The number of benzene rings is 1. The molecule has 0 bridgehead atoms. The van der Waals surface area contributed by atoms with Gasteiger partial charge in [0.1, 0.15) is 5.69 Å². The first-order valence-corrected chi connectivity index (χ1v) is 4.15. The smallest absolute Gasteiger partial charge is 0.112 e. The molecule has 0 saturated carbocycles. The first-order valence-electron chi connectivity index (χ1n) is 3.71. The maximum Gasteiger partial charge on any atom is 0.112 e. The molecule has 64 valence electrons. The summed E-state index contributed by atoms with van der Waals surface area (Å²) in [6.45, 7) is 5.85. The van der Waals surface area contributed by atoms with E-state index in [1.807, 2.05) is 20.8 Å². The van der Waals surface area contributed by atoms with Gasteiger partial charge in [0.2, 0.25) is 0 Å². The second kappa shape index (κ2) is 3.27. The molecule has 0 fully saturated rings. The quantitative estimate of drug-likeness (QED) is 0.522. The summed E-state index contributed by atoms with van der Waals surface area (Å²) in [7, 11) is 0. The minimum absolute atomic E-state index is 0.489. The topological polar surface area (TPSA) is 29.4 Å². The second-order valence-electron chi connectivity index (χ2n) is 2.88. The van der Waals surface area contributed by atoms with E-state index in [4.69, 9.17) is 0 Å². The fourth-order valence-electron chi connectivity index (χ4n) is 1.11. The van der Waals surface area contributed by atoms with Gasteiger partial charge in [-0.25, -0.2) is 0 Å². The molecule has 0 spiro atoms. The van der Waals surface area contributed by atoms with Gasteiger partial charge in [0.25, 0.3) is 0 Å². The molecule has 0 aliphatic heterocycles. The number of rotatable bonds is 1. The third-order valence-electron chi connectivity index (χ3n) is 2.27. The summed E-state index contributed by atoms with van der Waals surface area (Å²) in [5, 5.41) is 2.93. The molecular weight excluding hydrogens is 170 g/mol. The highest BCUT2D eigenvalue weighted by Crippen LogP contribution is 2.29. The normalized spacial score (nSPS) is 10.0. The molecule has 1 rings (SSSR count). The molecule has 1 aromatic carbocycles. The summed E-state index contributed by atoms with van der Waals surface area (Å²) in [6, 6.07) is 1.70. The predicted molar refractivity (Wildman–Crippen MR) is 53.4 cm³/mol. The lowest BCUT2D eigenvalue weighted by Gasteiger charge is -2.08. The molecule has 0 heterocycles. The van der Waals surface area contributed by atoms with Gasteiger partial charge in [-0.3, -0.25) is 0 Å². The van der Waals surface area contributed by atoms with Crippen LogP contribution in [0.2, 0.25) is 0 Å². The highest BCUT2D eigenvalue weighted by molar-refractivity contribution is 7.80. The Morgan fingerprint density at radius 1 is 1.17 bits per heavy atom. The molecule has 0 atom stereocenters. The Labute approximate surface area is 77.4 Å². The van der Waals surface area contributed by atoms with Crippen LogP contribution in [0.1, 0.15) is 16.7 Å². The van der Waals surface area contributed by atoms with E-state index in [-0.39, 0.29) is 0 Å². The lowest BCUT2D eigenvalue weighted by molar-refractivity contribution is 1.18. The summed E-state index contributed by atoms with van der Waals surface area (Å²) < 4.78 is 0. The van der Waals surface area contributed by atoms with Gasteiger partial charge in [0.05, 0.1) is 0 Å². The Morgan fingerprint density at radius 2 is 1.75 bits per heavy atom. The molecule has 0 unspecified atom stereocenters. The average molecular weight is 181 g/mol. The van der Waals surface area contributed by atoms with Gasteiger partial charge >= 0.3 is 0 Å². The Bertz CT molecular complexity index is 334. The maximum absolute atomic E-state index is 10.4. The number of hydrogen-bond donors (Lipinski definition) is 1. The van der Waals surface area contributed by atoms with Gasteiger partial charge in [-0.1, -0.05) is 0 Å². The predicted octanol–water partition coefficient (Wildman–Crippen LogP) is 3.30. The van der Waals surface area contributed by atoms with Crippen molar-refractivity contribution >= 4 is 18.3 Å². The summed E-state index contributed by atoms with van der Waals surface area (Å²) in [5.74, 6) is 0. The van der Waals surface area contributed by atoms with Crippen LogP contribution in [-0.2, 0) is 0 Å². The van der Waals surface area contributed by atoms with E-state index >= 15 is 0 Å². The first-order chi connectivity index (χ1) is 5.57.